The molecule has 0 amide bonds. The van der Waals surface area contributed by atoms with Crippen molar-refractivity contribution in [2.24, 2.45) is 0 Å². The maximum absolute atomic E-state index is 14.0. The minimum atomic E-state index is -1.38. The third kappa shape index (κ3) is 3.84. The molecule has 0 aliphatic carbocycles. The normalized spacial score (nSPS) is 9.59. The molecule has 0 aliphatic heterocycles. The molecule has 6 nitrogen and oxygen atoms in total. The average Bonchev–Trinajstić information content (AvgIpc) is 2.47. The van der Waals surface area contributed by atoms with Gasteiger partial charge >= 0.3 is 5.97 Å². The van der Waals surface area contributed by atoms with Gasteiger partial charge in [-0.1, -0.05) is 35.3 Å². The van der Waals surface area contributed by atoms with Crippen molar-refractivity contribution in [2.45, 2.75) is 0 Å². The van der Waals surface area contributed by atoms with Crippen LogP contribution in [0.1, 0.15) is 10.5 Å². The molecule has 1 aromatic heterocycles. The number of carbonyl (C=O) groups is 2. The zero-order valence-corrected chi connectivity index (χ0v) is 12.3. The summed E-state index contributed by atoms with van der Waals surface area (Å²) in [6.07, 6.45) is 0. The number of aromatic nitrogens is 1. The van der Waals surface area contributed by atoms with Gasteiger partial charge in [-0.15, -0.1) is 0 Å². The minimum absolute atomic E-state index is 0.184. The number of carboxylic acids is 1. The number of nitrogens with zero attached hydrogens (tertiary/aromatic N) is 1. The number of benzene rings is 1. The molecule has 0 spiro atoms. The second-order valence-corrected chi connectivity index (χ2v) is 4.58. The van der Waals surface area contributed by atoms with Gasteiger partial charge in [-0.3, -0.25) is 4.79 Å². The lowest BCUT2D eigenvalue weighted by atomic mass is 10.1. The highest BCUT2D eigenvalue weighted by Gasteiger charge is 2.21. The Balaban J connectivity index is 0.000000745. The van der Waals surface area contributed by atoms with Crippen LogP contribution in [0.2, 0.25) is 10.0 Å². The maximum Gasteiger partial charge on any atom is 0.356 e. The fourth-order valence-electron chi connectivity index (χ4n) is 1.50. The zero-order chi connectivity index (χ0) is 16.9. The molecule has 0 radical (unpaired) electrons. The van der Waals surface area contributed by atoms with Crippen LogP contribution in [0, 0.1) is 5.82 Å². The van der Waals surface area contributed by atoms with E-state index in [1.807, 2.05) is 0 Å². The molecular weight excluding hydrogens is 338 g/mol. The summed E-state index contributed by atoms with van der Waals surface area (Å²) in [6, 6.07) is 6.08. The van der Waals surface area contributed by atoms with Crippen molar-refractivity contribution in [3.8, 4) is 11.3 Å². The number of nitrogens with two attached hydrogens (primary N) is 1. The van der Waals surface area contributed by atoms with Crippen molar-refractivity contribution in [3.63, 3.8) is 0 Å². The molecule has 0 saturated heterocycles. The van der Waals surface area contributed by atoms with Gasteiger partial charge in [0.1, 0.15) is 5.69 Å². The Hall–Kier alpha value is -2.38. The molecule has 0 unspecified atom stereocenters. The van der Waals surface area contributed by atoms with Crippen LogP contribution >= 0.6 is 23.2 Å². The summed E-state index contributed by atoms with van der Waals surface area (Å²) in [5, 5.41) is 15.9. The van der Waals surface area contributed by atoms with E-state index in [2.05, 4.69) is 4.98 Å². The van der Waals surface area contributed by atoms with Gasteiger partial charge < -0.3 is 15.9 Å². The van der Waals surface area contributed by atoms with E-state index in [4.69, 9.17) is 43.9 Å². The topological polar surface area (TPSA) is 114 Å². The lowest BCUT2D eigenvalue weighted by Crippen LogP contribution is -2.08. The van der Waals surface area contributed by atoms with Gasteiger partial charge in [-0.25, -0.2) is 14.2 Å². The lowest BCUT2D eigenvalue weighted by Gasteiger charge is -2.09. The molecule has 116 valence electrons. The lowest BCUT2D eigenvalue weighted by molar-refractivity contribution is -0.122. The first-order valence-electron chi connectivity index (χ1n) is 5.55. The molecule has 0 fully saturated rings. The first-order chi connectivity index (χ1) is 10.3. The van der Waals surface area contributed by atoms with Gasteiger partial charge in [0, 0.05) is 10.6 Å². The molecule has 0 saturated carbocycles. The Morgan fingerprint density at radius 3 is 2.23 bits per heavy atom. The predicted octanol–water partition coefficient (Wildman–Crippen LogP) is 3.18. The van der Waals surface area contributed by atoms with Gasteiger partial charge in [-0.05, 0) is 12.1 Å². The van der Waals surface area contributed by atoms with E-state index < -0.39 is 28.2 Å². The Bertz CT molecular complexity index is 708. The summed E-state index contributed by atoms with van der Waals surface area (Å²) < 4.78 is 14.0. The highest BCUT2D eigenvalue weighted by molar-refractivity contribution is 6.35. The fourth-order valence-corrected chi connectivity index (χ4v) is 1.83. The number of carboxylic acid groups (broad SMARTS) is 2. The second kappa shape index (κ2) is 7.58. The van der Waals surface area contributed by atoms with E-state index >= 15 is 0 Å². The number of hydrogen-bond donors (Lipinski definition) is 3. The van der Waals surface area contributed by atoms with Crippen molar-refractivity contribution in [1.82, 2.24) is 4.98 Å². The highest BCUT2D eigenvalue weighted by Crippen LogP contribution is 2.32. The van der Waals surface area contributed by atoms with Crippen LogP contribution in [0.4, 0.5) is 10.1 Å². The monoisotopic (exact) mass is 346 g/mol. The molecule has 2 aromatic rings. The molecule has 0 aliphatic rings. The first-order valence-corrected chi connectivity index (χ1v) is 6.30. The van der Waals surface area contributed by atoms with Gasteiger partial charge in [0.05, 0.1) is 10.7 Å². The SMILES string of the molecule is Nc1c(F)c(-c2ccc(Cl)cc2)nc(C(=O)O)c1Cl.O=CO. The van der Waals surface area contributed by atoms with Crippen LogP contribution in [0.25, 0.3) is 11.3 Å². The van der Waals surface area contributed by atoms with Crippen molar-refractivity contribution in [1.29, 1.82) is 0 Å². The number of aromatic carboxylic acids is 1. The van der Waals surface area contributed by atoms with E-state index in [9.17, 15) is 9.18 Å². The zero-order valence-electron chi connectivity index (χ0n) is 10.8. The van der Waals surface area contributed by atoms with Gasteiger partial charge in [-0.2, -0.15) is 0 Å². The number of nitrogen functional groups attached to an aromatic ring is 1. The number of halogens is 3. The number of anilines is 1. The molecule has 22 heavy (non-hydrogen) atoms. The van der Waals surface area contributed by atoms with E-state index in [0.29, 0.717) is 10.6 Å². The number of pyridine rings is 1. The van der Waals surface area contributed by atoms with Gasteiger partial charge in [0.15, 0.2) is 11.5 Å². The predicted molar refractivity (Wildman–Crippen MR) is 79.7 cm³/mol. The maximum atomic E-state index is 14.0. The van der Waals surface area contributed by atoms with Crippen LogP contribution in [0.15, 0.2) is 24.3 Å². The first kappa shape index (κ1) is 17.7. The average molecular weight is 347 g/mol. The molecule has 4 N–H and O–H groups in total. The molecule has 0 bridgehead atoms. The van der Waals surface area contributed by atoms with Crippen LogP contribution in [-0.2, 0) is 4.79 Å². The molecule has 2 rings (SSSR count). The van der Waals surface area contributed by atoms with Crippen LogP contribution in [0.3, 0.4) is 0 Å². The summed E-state index contributed by atoms with van der Waals surface area (Å²) in [7, 11) is 0. The van der Waals surface area contributed by atoms with Gasteiger partial charge in [0.2, 0.25) is 0 Å². The summed E-state index contributed by atoms with van der Waals surface area (Å²) in [6.45, 7) is -0.250. The summed E-state index contributed by atoms with van der Waals surface area (Å²) >= 11 is 11.4. The molecule has 9 heteroatoms. The third-order valence-electron chi connectivity index (χ3n) is 2.43. The molecule has 1 aromatic carbocycles. The summed E-state index contributed by atoms with van der Waals surface area (Å²) in [4.78, 5) is 23.0. The Morgan fingerprint density at radius 2 is 1.77 bits per heavy atom. The van der Waals surface area contributed by atoms with E-state index in [1.165, 1.54) is 24.3 Å². The molecular formula is C13H9Cl2FN2O4. The van der Waals surface area contributed by atoms with E-state index in [1.54, 1.807) is 0 Å². The molecule has 1 heterocycles. The number of hydrogen-bond acceptors (Lipinski definition) is 4. The van der Waals surface area contributed by atoms with E-state index in [0.717, 1.165) is 0 Å². The summed E-state index contributed by atoms with van der Waals surface area (Å²) in [5.41, 5.74) is 4.68. The van der Waals surface area contributed by atoms with Crippen LogP contribution in [0.5, 0.6) is 0 Å². The van der Waals surface area contributed by atoms with Gasteiger partial charge in [0.25, 0.3) is 6.47 Å². The van der Waals surface area contributed by atoms with Crippen molar-refractivity contribution < 1.29 is 24.2 Å². The minimum Gasteiger partial charge on any atom is -0.483 e. The Morgan fingerprint density at radius 1 is 1.27 bits per heavy atom. The summed E-state index contributed by atoms with van der Waals surface area (Å²) in [5.74, 6) is -2.25. The quantitative estimate of drug-likeness (QED) is 0.719. The standard InChI is InChI=1S/C12H7Cl2FN2O2.CH2O2/c13-6-3-1-5(2-4-6)10-8(15)9(16)7(14)11(17-10)12(18)19;2-1-3/h1-4H,(H2,16,17)(H,18,19);1H,(H,2,3). The van der Waals surface area contributed by atoms with Crippen LogP contribution in [-0.4, -0.2) is 27.6 Å². The third-order valence-corrected chi connectivity index (χ3v) is 3.07. The van der Waals surface area contributed by atoms with Crippen LogP contribution < -0.4 is 5.73 Å². The second-order valence-electron chi connectivity index (χ2n) is 3.77. The Labute approximate surface area is 133 Å². The van der Waals surface area contributed by atoms with Crippen molar-refractivity contribution in [3.05, 3.63) is 45.8 Å². The highest BCUT2D eigenvalue weighted by atomic mass is 35.5. The van der Waals surface area contributed by atoms with Crippen molar-refractivity contribution >= 4 is 41.3 Å². The fraction of sp³-hybridized carbons (Fsp3) is 0. The largest absolute Gasteiger partial charge is 0.483 e. The smallest absolute Gasteiger partial charge is 0.356 e. The van der Waals surface area contributed by atoms with Crippen molar-refractivity contribution in [2.75, 3.05) is 5.73 Å². The van der Waals surface area contributed by atoms with E-state index in [-0.39, 0.29) is 12.2 Å². The Kier molecular flexibility index (Phi) is 6.09. The number of rotatable bonds is 2. The molecule has 0 atom stereocenters.